The number of rotatable bonds is 4. The van der Waals surface area contributed by atoms with E-state index in [4.69, 9.17) is 4.74 Å². The number of carbonyl (C=O) groups excluding carboxylic acids is 1. The first-order chi connectivity index (χ1) is 14.0. The molecular formula is C23H30N2O4S. The largest absolute Gasteiger partial charge is 0.444 e. The summed E-state index contributed by atoms with van der Waals surface area (Å²) in [5.74, 6) is 0. The first-order valence-electron chi connectivity index (χ1n) is 10.1. The molecule has 1 heterocycles. The van der Waals surface area contributed by atoms with Crippen LogP contribution in [0.2, 0.25) is 0 Å². The molecule has 162 valence electrons. The molecule has 1 saturated heterocycles. The van der Waals surface area contributed by atoms with Crippen molar-refractivity contribution in [2.75, 3.05) is 30.8 Å². The van der Waals surface area contributed by atoms with E-state index in [0.717, 1.165) is 11.3 Å². The highest BCUT2D eigenvalue weighted by Gasteiger charge is 2.33. The number of ether oxygens (including phenoxy) is 1. The summed E-state index contributed by atoms with van der Waals surface area (Å²) in [5, 5.41) is 0. The monoisotopic (exact) mass is 430 g/mol. The fraction of sp³-hybridized carbons (Fsp3) is 0.435. The standard InChI is InChI=1S/C23H30N2O4S/c1-23(2,3)29-22(26)25-14-13-24(17-20(25)15-18-9-6-5-7-10-18)19-11-8-12-21(16-19)30(4,27)28/h5-12,16,20H,13-15,17H2,1-4H3/t20-/m1/s1. The maximum Gasteiger partial charge on any atom is 0.410 e. The summed E-state index contributed by atoms with van der Waals surface area (Å²) in [4.78, 5) is 17.1. The van der Waals surface area contributed by atoms with E-state index in [0.29, 0.717) is 31.0 Å². The fourth-order valence-corrected chi connectivity index (χ4v) is 4.28. The Morgan fingerprint density at radius 1 is 1.07 bits per heavy atom. The van der Waals surface area contributed by atoms with Crippen LogP contribution in [-0.4, -0.2) is 56.9 Å². The minimum atomic E-state index is -3.28. The van der Waals surface area contributed by atoms with Crippen molar-refractivity contribution in [1.82, 2.24) is 4.90 Å². The summed E-state index contributed by atoms with van der Waals surface area (Å²) >= 11 is 0. The zero-order chi connectivity index (χ0) is 21.9. The Labute approximate surface area is 179 Å². The predicted molar refractivity (Wildman–Crippen MR) is 119 cm³/mol. The van der Waals surface area contributed by atoms with Gasteiger partial charge in [-0.1, -0.05) is 36.4 Å². The highest BCUT2D eigenvalue weighted by atomic mass is 32.2. The van der Waals surface area contributed by atoms with Gasteiger partial charge in [0.05, 0.1) is 10.9 Å². The van der Waals surface area contributed by atoms with Gasteiger partial charge in [0.15, 0.2) is 9.84 Å². The van der Waals surface area contributed by atoms with Crippen LogP contribution < -0.4 is 4.90 Å². The topological polar surface area (TPSA) is 66.9 Å². The third-order valence-corrected chi connectivity index (χ3v) is 6.15. The quantitative estimate of drug-likeness (QED) is 0.739. The van der Waals surface area contributed by atoms with Crippen molar-refractivity contribution in [3.63, 3.8) is 0 Å². The van der Waals surface area contributed by atoms with Crippen molar-refractivity contribution in [3.05, 3.63) is 60.2 Å². The van der Waals surface area contributed by atoms with Crippen molar-refractivity contribution in [2.45, 2.75) is 43.7 Å². The maximum atomic E-state index is 12.8. The number of hydrogen-bond acceptors (Lipinski definition) is 5. The van der Waals surface area contributed by atoms with E-state index in [1.165, 1.54) is 6.26 Å². The van der Waals surface area contributed by atoms with E-state index in [1.807, 2.05) is 45.0 Å². The van der Waals surface area contributed by atoms with Gasteiger partial charge in [-0.3, -0.25) is 0 Å². The number of anilines is 1. The summed E-state index contributed by atoms with van der Waals surface area (Å²) in [7, 11) is -3.28. The molecule has 1 atom stereocenters. The molecule has 1 amide bonds. The molecule has 0 unspecified atom stereocenters. The molecular weight excluding hydrogens is 400 g/mol. The van der Waals surface area contributed by atoms with Crippen molar-refractivity contribution in [2.24, 2.45) is 0 Å². The number of nitrogens with zero attached hydrogens (tertiary/aromatic N) is 2. The second-order valence-electron chi connectivity index (χ2n) is 8.73. The van der Waals surface area contributed by atoms with E-state index in [-0.39, 0.29) is 12.1 Å². The van der Waals surface area contributed by atoms with Crippen molar-refractivity contribution in [1.29, 1.82) is 0 Å². The van der Waals surface area contributed by atoms with Crippen LogP contribution in [0.15, 0.2) is 59.5 Å². The number of hydrogen-bond donors (Lipinski definition) is 0. The molecule has 3 rings (SSSR count). The lowest BCUT2D eigenvalue weighted by atomic mass is 10.0. The molecule has 0 bridgehead atoms. The van der Waals surface area contributed by atoms with Gasteiger partial charge < -0.3 is 14.5 Å². The maximum absolute atomic E-state index is 12.8. The second kappa shape index (κ2) is 8.68. The number of piperazine rings is 1. The minimum absolute atomic E-state index is 0.0853. The van der Waals surface area contributed by atoms with E-state index in [2.05, 4.69) is 17.0 Å². The highest BCUT2D eigenvalue weighted by Crippen LogP contribution is 2.25. The van der Waals surface area contributed by atoms with Crippen molar-refractivity contribution in [3.8, 4) is 0 Å². The summed E-state index contributed by atoms with van der Waals surface area (Å²) in [6, 6.07) is 17.0. The molecule has 0 saturated carbocycles. The van der Waals surface area contributed by atoms with Crippen LogP contribution in [0, 0.1) is 0 Å². The van der Waals surface area contributed by atoms with Gasteiger partial charge in [0.25, 0.3) is 0 Å². The molecule has 2 aromatic carbocycles. The zero-order valence-corrected chi connectivity index (χ0v) is 18.9. The van der Waals surface area contributed by atoms with Crippen molar-refractivity contribution >= 4 is 21.6 Å². The van der Waals surface area contributed by atoms with Crippen LogP contribution in [0.25, 0.3) is 0 Å². The van der Waals surface area contributed by atoms with Crippen LogP contribution in [0.4, 0.5) is 10.5 Å². The van der Waals surface area contributed by atoms with E-state index in [9.17, 15) is 13.2 Å². The average Bonchev–Trinajstić information content (AvgIpc) is 2.67. The summed E-state index contributed by atoms with van der Waals surface area (Å²) in [5.41, 5.74) is 1.43. The van der Waals surface area contributed by atoms with Gasteiger partial charge in [0.2, 0.25) is 0 Å². The summed E-state index contributed by atoms with van der Waals surface area (Å²) < 4.78 is 29.6. The molecule has 1 fully saturated rings. The Morgan fingerprint density at radius 2 is 1.77 bits per heavy atom. The van der Waals surface area contributed by atoms with E-state index < -0.39 is 15.4 Å². The number of benzene rings is 2. The van der Waals surface area contributed by atoms with Gasteiger partial charge in [-0.2, -0.15) is 0 Å². The third kappa shape index (κ3) is 5.75. The van der Waals surface area contributed by atoms with Gasteiger partial charge in [-0.25, -0.2) is 13.2 Å². The lowest BCUT2D eigenvalue weighted by Crippen LogP contribution is -2.57. The van der Waals surface area contributed by atoms with Gasteiger partial charge >= 0.3 is 6.09 Å². The van der Waals surface area contributed by atoms with Gasteiger partial charge in [-0.05, 0) is 51.0 Å². The molecule has 0 aliphatic carbocycles. The summed E-state index contributed by atoms with van der Waals surface area (Å²) in [6.07, 6.45) is 1.60. The van der Waals surface area contributed by atoms with Crippen LogP contribution in [0.1, 0.15) is 26.3 Å². The normalized spacial score (nSPS) is 17.7. The highest BCUT2D eigenvalue weighted by molar-refractivity contribution is 7.90. The molecule has 7 heteroatoms. The van der Waals surface area contributed by atoms with Crippen LogP contribution in [0.5, 0.6) is 0 Å². The molecule has 1 aliphatic heterocycles. The Morgan fingerprint density at radius 3 is 2.40 bits per heavy atom. The molecule has 0 N–H and O–H groups in total. The Bertz CT molecular complexity index is 984. The van der Waals surface area contributed by atoms with Gasteiger partial charge in [0.1, 0.15) is 5.60 Å². The third-order valence-electron chi connectivity index (χ3n) is 5.04. The van der Waals surface area contributed by atoms with Gasteiger partial charge in [0, 0.05) is 31.6 Å². The zero-order valence-electron chi connectivity index (χ0n) is 18.0. The van der Waals surface area contributed by atoms with Crippen LogP contribution >= 0.6 is 0 Å². The average molecular weight is 431 g/mol. The number of carbonyl (C=O) groups is 1. The Hall–Kier alpha value is -2.54. The molecule has 30 heavy (non-hydrogen) atoms. The van der Waals surface area contributed by atoms with E-state index >= 15 is 0 Å². The van der Waals surface area contributed by atoms with Crippen LogP contribution in [-0.2, 0) is 21.0 Å². The smallest absolute Gasteiger partial charge is 0.410 e. The first-order valence-corrected chi connectivity index (χ1v) is 12.0. The lowest BCUT2D eigenvalue weighted by Gasteiger charge is -2.43. The lowest BCUT2D eigenvalue weighted by molar-refractivity contribution is 0.0141. The van der Waals surface area contributed by atoms with Crippen LogP contribution in [0.3, 0.4) is 0 Å². The SMILES string of the molecule is CC(C)(C)OC(=O)N1CCN(c2cccc(S(C)(=O)=O)c2)C[C@H]1Cc1ccccc1. The molecule has 0 spiro atoms. The minimum Gasteiger partial charge on any atom is -0.444 e. The fourth-order valence-electron chi connectivity index (χ4n) is 3.62. The molecule has 6 nitrogen and oxygen atoms in total. The molecule has 1 aliphatic rings. The van der Waals surface area contributed by atoms with Crippen molar-refractivity contribution < 1.29 is 17.9 Å². The predicted octanol–water partition coefficient (Wildman–Crippen LogP) is 3.76. The van der Waals surface area contributed by atoms with E-state index in [1.54, 1.807) is 23.1 Å². The number of sulfone groups is 1. The molecule has 0 aromatic heterocycles. The second-order valence-corrected chi connectivity index (χ2v) is 10.7. The van der Waals surface area contributed by atoms with Gasteiger partial charge in [-0.15, -0.1) is 0 Å². The number of amides is 1. The first kappa shape index (κ1) is 22.2. The Balaban J connectivity index is 1.85. The Kier molecular flexibility index (Phi) is 6.41. The molecule has 2 aromatic rings. The molecule has 0 radical (unpaired) electrons. The summed E-state index contributed by atoms with van der Waals surface area (Å²) in [6.45, 7) is 7.31.